The molecule has 108 valence electrons. The summed E-state index contributed by atoms with van der Waals surface area (Å²) >= 11 is 0. The molecule has 2 N–H and O–H groups in total. The van der Waals surface area contributed by atoms with Crippen molar-refractivity contribution < 1.29 is 9.72 Å². The second kappa shape index (κ2) is 6.47. The fourth-order valence-corrected chi connectivity index (χ4v) is 1.88. The monoisotopic (exact) mass is 286 g/mol. The molecule has 0 aliphatic rings. The van der Waals surface area contributed by atoms with Crippen molar-refractivity contribution in [1.29, 1.82) is 0 Å². The van der Waals surface area contributed by atoms with Crippen molar-refractivity contribution in [1.82, 2.24) is 4.98 Å². The van der Waals surface area contributed by atoms with Gasteiger partial charge in [-0.25, -0.2) is 0 Å². The molecule has 0 saturated heterocycles. The number of carbonyl (C=O) groups excluding carboxylic acids is 1. The molecule has 2 rings (SSSR count). The van der Waals surface area contributed by atoms with E-state index < -0.39 is 10.8 Å². The number of hydrogen-bond acceptors (Lipinski definition) is 5. The minimum Gasteiger partial charge on any atom is -0.379 e. The number of anilines is 2. The number of carbonyl (C=O) groups is 1. The molecule has 2 aromatic rings. The highest BCUT2D eigenvalue weighted by Gasteiger charge is 2.21. The fraction of sp³-hybridized carbons (Fsp3) is 0.143. The highest BCUT2D eigenvalue weighted by molar-refractivity contribution is 6.09. The third kappa shape index (κ3) is 3.33. The Balaban J connectivity index is 2.36. The van der Waals surface area contributed by atoms with E-state index in [1.165, 1.54) is 24.4 Å². The molecule has 0 saturated carbocycles. The van der Waals surface area contributed by atoms with Crippen molar-refractivity contribution in [2.45, 2.75) is 6.92 Å². The zero-order valence-electron chi connectivity index (χ0n) is 11.4. The van der Waals surface area contributed by atoms with Crippen LogP contribution in [0, 0.1) is 10.1 Å². The van der Waals surface area contributed by atoms with Crippen LogP contribution in [0.3, 0.4) is 0 Å². The summed E-state index contributed by atoms with van der Waals surface area (Å²) in [6, 6.07) is 7.76. The molecule has 0 bridgehead atoms. The second-order valence-electron chi connectivity index (χ2n) is 4.18. The van der Waals surface area contributed by atoms with Crippen LogP contribution in [0.15, 0.2) is 42.7 Å². The minimum absolute atomic E-state index is 0.129. The molecule has 1 amide bonds. The summed E-state index contributed by atoms with van der Waals surface area (Å²) in [4.78, 5) is 26.7. The molecule has 1 aromatic carbocycles. The van der Waals surface area contributed by atoms with Crippen LogP contribution in [0.25, 0.3) is 0 Å². The Morgan fingerprint density at radius 1 is 1.33 bits per heavy atom. The van der Waals surface area contributed by atoms with Crippen molar-refractivity contribution in [2.24, 2.45) is 0 Å². The Labute approximate surface area is 121 Å². The predicted molar refractivity (Wildman–Crippen MR) is 79.5 cm³/mol. The van der Waals surface area contributed by atoms with E-state index in [9.17, 15) is 14.9 Å². The first kappa shape index (κ1) is 14.4. The maximum atomic E-state index is 12.3. The lowest BCUT2D eigenvalue weighted by atomic mass is 10.1. The van der Waals surface area contributed by atoms with Gasteiger partial charge in [-0.2, -0.15) is 0 Å². The van der Waals surface area contributed by atoms with Gasteiger partial charge in [0.15, 0.2) is 0 Å². The number of aromatic nitrogens is 1. The van der Waals surface area contributed by atoms with Gasteiger partial charge in [0.05, 0.1) is 22.4 Å². The zero-order chi connectivity index (χ0) is 15.2. The van der Waals surface area contributed by atoms with Crippen molar-refractivity contribution >= 4 is 23.0 Å². The molecule has 1 heterocycles. The molecular weight excluding hydrogens is 272 g/mol. The molecule has 0 unspecified atom stereocenters. The highest BCUT2D eigenvalue weighted by Crippen LogP contribution is 2.28. The van der Waals surface area contributed by atoms with Gasteiger partial charge in [0.25, 0.3) is 11.6 Å². The Bertz CT molecular complexity index is 659. The Morgan fingerprint density at radius 2 is 2.14 bits per heavy atom. The molecule has 0 aliphatic carbocycles. The number of nitro groups is 1. The number of hydrogen-bond donors (Lipinski definition) is 2. The van der Waals surface area contributed by atoms with E-state index in [0.717, 1.165) is 0 Å². The number of pyridine rings is 1. The number of amides is 1. The molecule has 7 heteroatoms. The van der Waals surface area contributed by atoms with Gasteiger partial charge in [-0.1, -0.05) is 6.07 Å². The summed E-state index contributed by atoms with van der Waals surface area (Å²) in [7, 11) is 0. The zero-order valence-corrected chi connectivity index (χ0v) is 11.4. The summed E-state index contributed by atoms with van der Waals surface area (Å²) in [6.07, 6.45) is 3.09. The number of nitrogens with zero attached hydrogens (tertiary/aromatic N) is 2. The van der Waals surface area contributed by atoms with Gasteiger partial charge in [0.2, 0.25) is 0 Å². The maximum absolute atomic E-state index is 12.3. The summed E-state index contributed by atoms with van der Waals surface area (Å²) < 4.78 is 0. The number of para-hydroxylation sites is 1. The van der Waals surface area contributed by atoms with Crippen molar-refractivity contribution in [3.05, 3.63) is 58.4 Å². The molecule has 0 fully saturated rings. The van der Waals surface area contributed by atoms with Gasteiger partial charge >= 0.3 is 0 Å². The number of benzene rings is 1. The van der Waals surface area contributed by atoms with Crippen molar-refractivity contribution in [3.63, 3.8) is 0 Å². The Hall–Kier alpha value is -2.96. The summed E-state index contributed by atoms with van der Waals surface area (Å²) in [6.45, 7) is 2.28. The van der Waals surface area contributed by atoms with Crippen molar-refractivity contribution in [2.75, 3.05) is 17.2 Å². The summed E-state index contributed by atoms with van der Waals surface area (Å²) in [5.41, 5.74) is 0.827. The smallest absolute Gasteiger partial charge is 0.293 e. The fourth-order valence-electron chi connectivity index (χ4n) is 1.88. The molecule has 0 radical (unpaired) electrons. The van der Waals surface area contributed by atoms with E-state index in [1.807, 2.05) is 0 Å². The van der Waals surface area contributed by atoms with E-state index in [4.69, 9.17) is 0 Å². The predicted octanol–water partition coefficient (Wildman–Crippen LogP) is 2.67. The first-order valence-electron chi connectivity index (χ1n) is 6.36. The van der Waals surface area contributed by atoms with E-state index in [1.54, 1.807) is 25.3 Å². The normalized spacial score (nSPS) is 9.95. The molecule has 0 aliphatic heterocycles. The van der Waals surface area contributed by atoms with Gasteiger partial charge in [0, 0.05) is 18.8 Å². The molecular formula is C14H14N4O3. The topological polar surface area (TPSA) is 97.2 Å². The second-order valence-corrected chi connectivity index (χ2v) is 4.18. The summed E-state index contributed by atoms with van der Waals surface area (Å²) in [5, 5.41) is 16.6. The van der Waals surface area contributed by atoms with Gasteiger partial charge < -0.3 is 10.6 Å². The van der Waals surface area contributed by atoms with E-state index in [2.05, 4.69) is 15.6 Å². The van der Waals surface area contributed by atoms with Crippen LogP contribution in [0.2, 0.25) is 0 Å². The van der Waals surface area contributed by atoms with E-state index >= 15 is 0 Å². The SMILES string of the molecule is CCNc1c(C(=O)Nc2cccnc2)cccc1[N+](=O)[O-]. The molecule has 0 atom stereocenters. The lowest BCUT2D eigenvalue weighted by molar-refractivity contribution is -0.384. The first-order valence-corrected chi connectivity index (χ1v) is 6.36. The van der Waals surface area contributed by atoms with Crippen LogP contribution in [-0.2, 0) is 0 Å². The molecule has 1 aromatic heterocycles. The average Bonchev–Trinajstić information content (AvgIpc) is 2.48. The van der Waals surface area contributed by atoms with Crippen LogP contribution >= 0.6 is 0 Å². The lowest BCUT2D eigenvalue weighted by Gasteiger charge is -2.11. The third-order valence-corrected chi connectivity index (χ3v) is 2.76. The average molecular weight is 286 g/mol. The molecule has 21 heavy (non-hydrogen) atoms. The van der Waals surface area contributed by atoms with E-state index in [-0.39, 0.29) is 16.9 Å². The highest BCUT2D eigenvalue weighted by atomic mass is 16.6. The number of rotatable bonds is 5. The van der Waals surface area contributed by atoms with Crippen LogP contribution in [0.5, 0.6) is 0 Å². The van der Waals surface area contributed by atoms with Gasteiger partial charge in [0.1, 0.15) is 5.69 Å². The standard InChI is InChI=1S/C14H14N4O3/c1-2-16-13-11(6-3-7-12(13)18(20)21)14(19)17-10-5-4-8-15-9-10/h3-9,16H,2H2,1H3,(H,17,19). The largest absolute Gasteiger partial charge is 0.379 e. The number of nitrogens with one attached hydrogen (secondary N) is 2. The Morgan fingerprint density at radius 3 is 2.76 bits per heavy atom. The van der Waals surface area contributed by atoms with Crippen molar-refractivity contribution in [3.8, 4) is 0 Å². The molecule has 7 nitrogen and oxygen atoms in total. The van der Waals surface area contributed by atoms with E-state index in [0.29, 0.717) is 12.2 Å². The Kier molecular flexibility index (Phi) is 4.45. The van der Waals surface area contributed by atoms with Gasteiger partial charge in [-0.15, -0.1) is 0 Å². The lowest BCUT2D eigenvalue weighted by Crippen LogP contribution is -2.16. The van der Waals surface area contributed by atoms with Crippen LogP contribution in [-0.4, -0.2) is 22.4 Å². The molecule has 0 spiro atoms. The van der Waals surface area contributed by atoms with Gasteiger partial charge in [-0.3, -0.25) is 19.9 Å². The van der Waals surface area contributed by atoms with Crippen LogP contribution in [0.1, 0.15) is 17.3 Å². The van der Waals surface area contributed by atoms with Crippen LogP contribution in [0.4, 0.5) is 17.1 Å². The van der Waals surface area contributed by atoms with Crippen LogP contribution < -0.4 is 10.6 Å². The van der Waals surface area contributed by atoms with Gasteiger partial charge in [-0.05, 0) is 25.1 Å². The minimum atomic E-state index is -0.515. The summed E-state index contributed by atoms with van der Waals surface area (Å²) in [5.74, 6) is -0.428. The quantitative estimate of drug-likeness (QED) is 0.650. The third-order valence-electron chi connectivity index (χ3n) is 2.76. The maximum Gasteiger partial charge on any atom is 0.293 e. The number of nitro benzene ring substituents is 1. The first-order chi connectivity index (χ1) is 10.1.